The van der Waals surface area contributed by atoms with E-state index in [0.29, 0.717) is 6.04 Å². The Bertz CT molecular complexity index is 589. The van der Waals surface area contributed by atoms with Crippen LogP contribution in [-0.4, -0.2) is 58.1 Å². The summed E-state index contributed by atoms with van der Waals surface area (Å²) in [6.07, 6.45) is 9.88. The fourth-order valence-corrected chi connectivity index (χ4v) is 3.47. The average molecular weight is 300 g/mol. The summed E-state index contributed by atoms with van der Waals surface area (Å²) in [6.45, 7) is 5.27. The molecule has 6 nitrogen and oxygen atoms in total. The van der Waals surface area contributed by atoms with E-state index in [9.17, 15) is 0 Å². The van der Waals surface area contributed by atoms with Gasteiger partial charge in [0, 0.05) is 50.7 Å². The second-order valence-corrected chi connectivity index (χ2v) is 6.07. The molecule has 0 amide bonds. The Balaban J connectivity index is 1.33. The first-order chi connectivity index (χ1) is 10.9. The average Bonchev–Trinajstić information content (AvgIpc) is 3.17. The molecule has 4 heterocycles. The molecule has 2 aromatic rings. The second-order valence-electron chi connectivity index (χ2n) is 6.07. The number of nitrogens with zero attached hydrogens (tertiary/aromatic N) is 4. The van der Waals surface area contributed by atoms with Crippen LogP contribution in [0.5, 0.6) is 5.75 Å². The van der Waals surface area contributed by atoms with Gasteiger partial charge in [0.05, 0.1) is 24.9 Å². The molecule has 6 heteroatoms. The Hall–Kier alpha value is -1.92. The highest BCUT2D eigenvalue weighted by atomic mass is 16.5. The fraction of sp³-hybridized carbons (Fsp3) is 0.500. The first kappa shape index (κ1) is 13.7. The molecule has 0 aliphatic carbocycles. The third-order valence-electron chi connectivity index (χ3n) is 4.49. The number of aromatic nitrogens is 2. The number of rotatable bonds is 4. The van der Waals surface area contributed by atoms with Gasteiger partial charge in [0.25, 0.3) is 0 Å². The van der Waals surface area contributed by atoms with Crippen molar-refractivity contribution in [3.8, 4) is 5.75 Å². The molecular formula is C16H20N4O2. The normalized spacial score (nSPS) is 26.0. The first-order valence-corrected chi connectivity index (χ1v) is 7.76. The van der Waals surface area contributed by atoms with Crippen LogP contribution in [0.15, 0.2) is 41.7 Å². The van der Waals surface area contributed by atoms with Crippen molar-refractivity contribution in [2.45, 2.75) is 25.1 Å². The zero-order chi connectivity index (χ0) is 14.8. The largest absolute Gasteiger partial charge is 0.486 e. The number of ether oxygens (including phenoxy) is 1. The van der Waals surface area contributed by atoms with Crippen LogP contribution in [0, 0.1) is 0 Å². The first-order valence-electron chi connectivity index (χ1n) is 7.76. The summed E-state index contributed by atoms with van der Waals surface area (Å²) in [7, 11) is 0. The van der Waals surface area contributed by atoms with Crippen molar-refractivity contribution in [2.75, 3.05) is 26.2 Å². The molecule has 2 fully saturated rings. The maximum atomic E-state index is 6.01. The highest BCUT2D eigenvalue weighted by Gasteiger charge is 2.37. The van der Waals surface area contributed by atoms with E-state index < -0.39 is 0 Å². The quantitative estimate of drug-likeness (QED) is 0.851. The van der Waals surface area contributed by atoms with Crippen LogP contribution in [0.1, 0.15) is 12.0 Å². The summed E-state index contributed by atoms with van der Waals surface area (Å²) in [4.78, 5) is 13.1. The van der Waals surface area contributed by atoms with Crippen molar-refractivity contribution in [1.82, 2.24) is 19.8 Å². The summed E-state index contributed by atoms with van der Waals surface area (Å²) in [6, 6.07) is 2.62. The molecule has 2 aliphatic rings. The summed E-state index contributed by atoms with van der Waals surface area (Å²) in [5.74, 6) is 0.766. The lowest BCUT2D eigenvalue weighted by atomic mass is 10.1. The van der Waals surface area contributed by atoms with Gasteiger partial charge in [0.15, 0.2) is 5.75 Å². The van der Waals surface area contributed by atoms with Gasteiger partial charge in [-0.15, -0.1) is 0 Å². The number of hydrogen-bond donors (Lipinski definition) is 0. The number of furan rings is 1. The van der Waals surface area contributed by atoms with Gasteiger partial charge in [0.2, 0.25) is 0 Å². The van der Waals surface area contributed by atoms with Gasteiger partial charge in [-0.3, -0.25) is 9.80 Å². The number of hydrogen-bond acceptors (Lipinski definition) is 6. The maximum absolute atomic E-state index is 6.01. The monoisotopic (exact) mass is 300 g/mol. The Morgan fingerprint density at radius 3 is 2.95 bits per heavy atom. The van der Waals surface area contributed by atoms with Crippen molar-refractivity contribution in [1.29, 1.82) is 0 Å². The SMILES string of the molecule is c1ncc(O[C@H]2C[C@@H]3CN(Cc4ccoc4)CCN3C2)cn1. The molecule has 0 unspecified atom stereocenters. The Morgan fingerprint density at radius 1 is 1.23 bits per heavy atom. The molecule has 116 valence electrons. The Kier molecular flexibility index (Phi) is 3.78. The van der Waals surface area contributed by atoms with Crippen LogP contribution in [0.2, 0.25) is 0 Å². The van der Waals surface area contributed by atoms with E-state index in [1.807, 2.05) is 12.3 Å². The molecule has 2 saturated heterocycles. The third kappa shape index (κ3) is 2.98. The van der Waals surface area contributed by atoms with E-state index in [2.05, 4.69) is 19.8 Å². The van der Waals surface area contributed by atoms with Gasteiger partial charge < -0.3 is 9.15 Å². The zero-order valence-electron chi connectivity index (χ0n) is 12.5. The standard InChI is InChI=1S/C16H20N4O2/c1-4-21-11-13(1)8-19-2-3-20-10-15(5-14(20)9-19)22-16-6-17-12-18-7-16/h1,4,6-7,11-12,14-15H,2-3,5,8-10H2/t14-,15+/m1/s1. The lowest BCUT2D eigenvalue weighted by Gasteiger charge is -2.36. The van der Waals surface area contributed by atoms with Crippen molar-refractivity contribution < 1.29 is 9.15 Å². The van der Waals surface area contributed by atoms with E-state index in [1.54, 1.807) is 18.7 Å². The molecule has 0 saturated carbocycles. The molecule has 0 aromatic carbocycles. The lowest BCUT2D eigenvalue weighted by molar-refractivity contribution is 0.0977. The van der Waals surface area contributed by atoms with Crippen LogP contribution in [0.4, 0.5) is 0 Å². The molecule has 4 rings (SSSR count). The molecule has 0 spiro atoms. The van der Waals surface area contributed by atoms with Gasteiger partial charge >= 0.3 is 0 Å². The molecule has 0 N–H and O–H groups in total. The molecule has 0 bridgehead atoms. The Labute approximate surface area is 129 Å². The van der Waals surface area contributed by atoms with Gasteiger partial charge in [-0.05, 0) is 6.07 Å². The maximum Gasteiger partial charge on any atom is 0.156 e. The molecule has 2 aromatic heterocycles. The number of fused-ring (bicyclic) bond motifs is 1. The van der Waals surface area contributed by atoms with Gasteiger partial charge in [0.1, 0.15) is 12.4 Å². The van der Waals surface area contributed by atoms with Crippen LogP contribution in [0.3, 0.4) is 0 Å². The van der Waals surface area contributed by atoms with Crippen LogP contribution in [-0.2, 0) is 6.54 Å². The second kappa shape index (κ2) is 6.06. The highest BCUT2D eigenvalue weighted by Crippen LogP contribution is 2.26. The third-order valence-corrected chi connectivity index (χ3v) is 4.49. The van der Waals surface area contributed by atoms with E-state index >= 15 is 0 Å². The molecule has 2 aliphatic heterocycles. The molecule has 0 radical (unpaired) electrons. The predicted molar refractivity (Wildman–Crippen MR) is 80.4 cm³/mol. The summed E-state index contributed by atoms with van der Waals surface area (Å²) in [5.41, 5.74) is 1.25. The summed E-state index contributed by atoms with van der Waals surface area (Å²) >= 11 is 0. The van der Waals surface area contributed by atoms with Crippen LogP contribution < -0.4 is 4.74 Å². The van der Waals surface area contributed by atoms with Gasteiger partial charge in [-0.25, -0.2) is 9.97 Å². The summed E-state index contributed by atoms with van der Waals surface area (Å²) < 4.78 is 11.2. The molecule has 2 atom stereocenters. The fourth-order valence-electron chi connectivity index (χ4n) is 3.47. The van der Waals surface area contributed by atoms with Crippen LogP contribution in [0.25, 0.3) is 0 Å². The van der Waals surface area contributed by atoms with E-state index in [0.717, 1.165) is 44.9 Å². The Morgan fingerprint density at radius 2 is 2.14 bits per heavy atom. The molecule has 22 heavy (non-hydrogen) atoms. The molecular weight excluding hydrogens is 280 g/mol. The van der Waals surface area contributed by atoms with Crippen molar-refractivity contribution >= 4 is 0 Å². The minimum absolute atomic E-state index is 0.241. The van der Waals surface area contributed by atoms with Crippen molar-refractivity contribution in [2.24, 2.45) is 0 Å². The van der Waals surface area contributed by atoms with E-state index in [-0.39, 0.29) is 6.10 Å². The number of piperazine rings is 1. The van der Waals surface area contributed by atoms with Gasteiger partial charge in [-0.1, -0.05) is 0 Å². The van der Waals surface area contributed by atoms with Crippen molar-refractivity contribution in [3.63, 3.8) is 0 Å². The van der Waals surface area contributed by atoms with Gasteiger partial charge in [-0.2, -0.15) is 0 Å². The van der Waals surface area contributed by atoms with E-state index in [4.69, 9.17) is 9.15 Å². The topological polar surface area (TPSA) is 54.6 Å². The minimum Gasteiger partial charge on any atom is -0.486 e. The minimum atomic E-state index is 0.241. The van der Waals surface area contributed by atoms with E-state index in [1.165, 1.54) is 11.9 Å². The highest BCUT2D eigenvalue weighted by molar-refractivity contribution is 5.11. The predicted octanol–water partition coefficient (Wildman–Crippen LogP) is 1.41. The zero-order valence-corrected chi connectivity index (χ0v) is 12.5. The smallest absolute Gasteiger partial charge is 0.156 e. The lowest BCUT2D eigenvalue weighted by Crippen LogP contribution is -2.49. The summed E-state index contributed by atoms with van der Waals surface area (Å²) in [5, 5.41) is 0. The van der Waals surface area contributed by atoms with Crippen molar-refractivity contribution in [3.05, 3.63) is 42.9 Å². The van der Waals surface area contributed by atoms with Crippen LogP contribution >= 0.6 is 0 Å².